The number of hydrogen-bond donors (Lipinski definition) is 3. The minimum Gasteiger partial charge on any atom is -0.398 e. The van der Waals surface area contributed by atoms with Crippen LogP contribution in [0.25, 0.3) is 0 Å². The topological polar surface area (TPSA) is 81.1 Å². The number of hydrogen-bond acceptors (Lipinski definition) is 3. The molecule has 0 fully saturated rings. The molecule has 1 rings (SSSR count). The molecule has 0 aliphatic carbocycles. The second kappa shape index (κ2) is 4.79. The van der Waals surface area contributed by atoms with Crippen LogP contribution in [0.1, 0.15) is 22.8 Å². The summed E-state index contributed by atoms with van der Waals surface area (Å²) in [6.07, 6.45) is 0. The molecule has 1 unspecified atom stereocenters. The summed E-state index contributed by atoms with van der Waals surface area (Å²) in [5.74, 6) is -0.139. The van der Waals surface area contributed by atoms with Gasteiger partial charge in [0.2, 0.25) is 0 Å². The summed E-state index contributed by atoms with van der Waals surface area (Å²) in [6.45, 7) is 4.18. The van der Waals surface area contributed by atoms with Crippen LogP contribution in [0.15, 0.2) is 18.2 Å². The third-order valence-electron chi connectivity index (χ3n) is 2.27. The molecule has 0 bridgehead atoms. The molecule has 1 aromatic rings. The number of rotatable bonds is 3. The van der Waals surface area contributed by atoms with Crippen LogP contribution in [-0.2, 0) is 0 Å². The molecule has 0 saturated carbocycles. The second-order valence-corrected chi connectivity index (χ2v) is 3.68. The molecule has 0 aliphatic heterocycles. The van der Waals surface area contributed by atoms with E-state index >= 15 is 0 Å². The number of nitrogens with two attached hydrogens (primary N) is 2. The maximum Gasteiger partial charge on any atom is 0.251 e. The number of nitrogens with one attached hydrogen (secondary N) is 1. The SMILES string of the molecule is Cc1ccc(C(=O)NC(C)CN)cc1N. The molecule has 0 heterocycles. The maximum atomic E-state index is 11.7. The Kier molecular flexibility index (Phi) is 3.68. The minimum atomic E-state index is -0.139. The Morgan fingerprint density at radius 1 is 1.53 bits per heavy atom. The van der Waals surface area contributed by atoms with Crippen molar-refractivity contribution in [3.05, 3.63) is 29.3 Å². The minimum absolute atomic E-state index is 0.0278. The lowest BCUT2D eigenvalue weighted by Gasteiger charge is -2.11. The molecule has 0 radical (unpaired) electrons. The summed E-state index contributed by atoms with van der Waals surface area (Å²) in [5.41, 5.74) is 13.3. The number of amides is 1. The molecular weight excluding hydrogens is 190 g/mol. The third-order valence-corrected chi connectivity index (χ3v) is 2.27. The summed E-state index contributed by atoms with van der Waals surface area (Å²) in [6, 6.07) is 5.23. The fourth-order valence-electron chi connectivity index (χ4n) is 1.15. The normalized spacial score (nSPS) is 12.2. The van der Waals surface area contributed by atoms with Crippen LogP contribution in [0.4, 0.5) is 5.69 Å². The maximum absolute atomic E-state index is 11.7. The van der Waals surface area contributed by atoms with E-state index in [1.54, 1.807) is 12.1 Å². The Morgan fingerprint density at radius 2 is 2.20 bits per heavy atom. The molecule has 1 aromatic carbocycles. The molecule has 0 aliphatic rings. The quantitative estimate of drug-likeness (QED) is 0.637. The van der Waals surface area contributed by atoms with Crippen LogP contribution in [0.2, 0.25) is 0 Å². The van der Waals surface area contributed by atoms with Crippen LogP contribution in [0, 0.1) is 6.92 Å². The molecule has 0 saturated heterocycles. The number of nitrogen functional groups attached to an aromatic ring is 1. The van der Waals surface area contributed by atoms with Crippen molar-refractivity contribution in [3.8, 4) is 0 Å². The lowest BCUT2D eigenvalue weighted by molar-refractivity contribution is 0.0941. The molecule has 4 heteroatoms. The van der Waals surface area contributed by atoms with E-state index in [9.17, 15) is 4.79 Å². The summed E-state index contributed by atoms with van der Waals surface area (Å²) in [5, 5.41) is 2.77. The fourth-order valence-corrected chi connectivity index (χ4v) is 1.15. The predicted molar refractivity (Wildman–Crippen MR) is 61.6 cm³/mol. The first-order valence-electron chi connectivity index (χ1n) is 4.91. The van der Waals surface area contributed by atoms with Gasteiger partial charge in [0.25, 0.3) is 5.91 Å². The van der Waals surface area contributed by atoms with E-state index in [-0.39, 0.29) is 11.9 Å². The number of aryl methyl sites for hydroxylation is 1. The van der Waals surface area contributed by atoms with Crippen LogP contribution in [0.3, 0.4) is 0 Å². The van der Waals surface area contributed by atoms with Crippen molar-refractivity contribution < 1.29 is 4.79 Å². The van der Waals surface area contributed by atoms with Crippen molar-refractivity contribution in [3.63, 3.8) is 0 Å². The average Bonchev–Trinajstić information content (AvgIpc) is 2.21. The number of carbonyl (C=O) groups is 1. The van der Waals surface area contributed by atoms with Gasteiger partial charge in [-0.3, -0.25) is 4.79 Å². The van der Waals surface area contributed by atoms with Gasteiger partial charge in [-0.25, -0.2) is 0 Å². The average molecular weight is 207 g/mol. The number of anilines is 1. The van der Waals surface area contributed by atoms with E-state index < -0.39 is 0 Å². The number of benzene rings is 1. The van der Waals surface area contributed by atoms with Gasteiger partial charge in [-0.05, 0) is 31.5 Å². The van der Waals surface area contributed by atoms with Crippen LogP contribution in [-0.4, -0.2) is 18.5 Å². The van der Waals surface area contributed by atoms with Crippen LogP contribution < -0.4 is 16.8 Å². The van der Waals surface area contributed by atoms with E-state index in [0.717, 1.165) is 5.56 Å². The van der Waals surface area contributed by atoms with Gasteiger partial charge in [-0.1, -0.05) is 6.07 Å². The molecule has 0 aromatic heterocycles. The Morgan fingerprint density at radius 3 is 2.73 bits per heavy atom. The number of carbonyl (C=O) groups excluding carboxylic acids is 1. The lowest BCUT2D eigenvalue weighted by Crippen LogP contribution is -2.37. The van der Waals surface area contributed by atoms with E-state index in [2.05, 4.69) is 5.32 Å². The first-order valence-corrected chi connectivity index (χ1v) is 4.91. The molecule has 1 atom stereocenters. The van der Waals surface area contributed by atoms with Crippen LogP contribution in [0.5, 0.6) is 0 Å². The zero-order chi connectivity index (χ0) is 11.4. The van der Waals surface area contributed by atoms with Crippen molar-refractivity contribution in [2.45, 2.75) is 19.9 Å². The van der Waals surface area contributed by atoms with Gasteiger partial charge in [0, 0.05) is 23.8 Å². The van der Waals surface area contributed by atoms with Gasteiger partial charge in [-0.15, -0.1) is 0 Å². The smallest absolute Gasteiger partial charge is 0.251 e. The first kappa shape index (κ1) is 11.5. The first-order chi connectivity index (χ1) is 7.04. The van der Waals surface area contributed by atoms with Crippen molar-refractivity contribution in [2.24, 2.45) is 5.73 Å². The Balaban J connectivity index is 2.78. The van der Waals surface area contributed by atoms with E-state index in [1.807, 2.05) is 19.9 Å². The Labute approximate surface area is 89.6 Å². The van der Waals surface area contributed by atoms with Crippen molar-refractivity contribution in [1.82, 2.24) is 5.32 Å². The predicted octanol–water partition coefficient (Wildman–Crippen LogP) is 0.654. The molecule has 15 heavy (non-hydrogen) atoms. The molecule has 5 N–H and O–H groups in total. The zero-order valence-corrected chi connectivity index (χ0v) is 9.08. The van der Waals surface area contributed by atoms with E-state index in [0.29, 0.717) is 17.8 Å². The largest absolute Gasteiger partial charge is 0.398 e. The molecule has 82 valence electrons. The highest BCUT2D eigenvalue weighted by Crippen LogP contribution is 2.12. The standard InChI is InChI=1S/C11H17N3O/c1-7-3-4-9(5-10(7)13)11(15)14-8(2)6-12/h3-5,8H,6,12-13H2,1-2H3,(H,14,15). The highest BCUT2D eigenvalue weighted by atomic mass is 16.1. The highest BCUT2D eigenvalue weighted by Gasteiger charge is 2.09. The van der Waals surface area contributed by atoms with Crippen molar-refractivity contribution in [1.29, 1.82) is 0 Å². The fraction of sp³-hybridized carbons (Fsp3) is 0.364. The zero-order valence-electron chi connectivity index (χ0n) is 9.08. The summed E-state index contributed by atoms with van der Waals surface area (Å²) in [7, 11) is 0. The van der Waals surface area contributed by atoms with Crippen LogP contribution >= 0.6 is 0 Å². The van der Waals surface area contributed by atoms with Gasteiger partial charge in [0.15, 0.2) is 0 Å². The Hall–Kier alpha value is -1.55. The van der Waals surface area contributed by atoms with E-state index in [1.165, 1.54) is 0 Å². The monoisotopic (exact) mass is 207 g/mol. The van der Waals surface area contributed by atoms with Gasteiger partial charge in [-0.2, -0.15) is 0 Å². The van der Waals surface area contributed by atoms with Gasteiger partial charge in [0.1, 0.15) is 0 Å². The summed E-state index contributed by atoms with van der Waals surface area (Å²) < 4.78 is 0. The van der Waals surface area contributed by atoms with Crippen molar-refractivity contribution in [2.75, 3.05) is 12.3 Å². The van der Waals surface area contributed by atoms with Gasteiger partial charge >= 0.3 is 0 Å². The Bertz CT molecular complexity index is 363. The van der Waals surface area contributed by atoms with Crippen molar-refractivity contribution >= 4 is 11.6 Å². The third kappa shape index (κ3) is 2.95. The summed E-state index contributed by atoms with van der Waals surface area (Å²) in [4.78, 5) is 11.7. The van der Waals surface area contributed by atoms with Gasteiger partial charge in [0.05, 0.1) is 0 Å². The summed E-state index contributed by atoms with van der Waals surface area (Å²) >= 11 is 0. The molecule has 4 nitrogen and oxygen atoms in total. The lowest BCUT2D eigenvalue weighted by atomic mass is 10.1. The molecule has 0 spiro atoms. The highest BCUT2D eigenvalue weighted by molar-refractivity contribution is 5.95. The van der Waals surface area contributed by atoms with E-state index in [4.69, 9.17) is 11.5 Å². The molecular formula is C11H17N3O. The second-order valence-electron chi connectivity index (χ2n) is 3.68. The van der Waals surface area contributed by atoms with Gasteiger partial charge < -0.3 is 16.8 Å². The molecule has 1 amide bonds.